The van der Waals surface area contributed by atoms with Crippen LogP contribution in [0.15, 0.2) is 18.2 Å². The van der Waals surface area contributed by atoms with Crippen molar-refractivity contribution < 1.29 is 4.39 Å². The van der Waals surface area contributed by atoms with Crippen LogP contribution in [0.3, 0.4) is 0 Å². The van der Waals surface area contributed by atoms with E-state index in [1.165, 1.54) is 6.07 Å². The largest absolute Gasteiger partial charge is 0.371 e. The molecule has 0 unspecified atom stereocenters. The minimum Gasteiger partial charge on any atom is -0.371 e. The standard InChI is InChI=1S/C12H19FN2S/c1-14-9-10-5-4-6-11(13)12(10)15(2)7-8-16-3/h4-6,14H,7-9H2,1-3H3. The van der Waals surface area contributed by atoms with Crippen LogP contribution in [0.1, 0.15) is 5.56 Å². The lowest BCUT2D eigenvalue weighted by Crippen LogP contribution is -2.24. The topological polar surface area (TPSA) is 15.3 Å². The SMILES string of the molecule is CNCc1cccc(F)c1N(C)CCSC. The van der Waals surface area contributed by atoms with E-state index in [1.54, 1.807) is 17.8 Å². The third-order valence-corrected chi connectivity index (χ3v) is 3.04. The van der Waals surface area contributed by atoms with E-state index < -0.39 is 0 Å². The Labute approximate surface area is 101 Å². The fourth-order valence-corrected chi connectivity index (χ4v) is 2.12. The van der Waals surface area contributed by atoms with Gasteiger partial charge in [-0.05, 0) is 24.9 Å². The number of nitrogens with one attached hydrogen (secondary N) is 1. The number of anilines is 1. The summed E-state index contributed by atoms with van der Waals surface area (Å²) in [4.78, 5) is 1.98. The minimum absolute atomic E-state index is 0.142. The summed E-state index contributed by atoms with van der Waals surface area (Å²) >= 11 is 1.77. The van der Waals surface area contributed by atoms with Gasteiger partial charge in [0.15, 0.2) is 0 Å². The Hall–Kier alpha value is -0.740. The van der Waals surface area contributed by atoms with Crippen molar-refractivity contribution in [3.8, 4) is 0 Å². The van der Waals surface area contributed by atoms with Gasteiger partial charge >= 0.3 is 0 Å². The molecule has 0 saturated carbocycles. The summed E-state index contributed by atoms with van der Waals surface area (Å²) in [6.07, 6.45) is 2.06. The molecule has 16 heavy (non-hydrogen) atoms. The third kappa shape index (κ3) is 3.39. The number of thioether (sulfide) groups is 1. The first kappa shape index (κ1) is 13.3. The van der Waals surface area contributed by atoms with E-state index >= 15 is 0 Å². The van der Waals surface area contributed by atoms with Crippen molar-refractivity contribution in [3.63, 3.8) is 0 Å². The molecule has 0 bridgehead atoms. The van der Waals surface area contributed by atoms with Gasteiger partial charge in [-0.1, -0.05) is 12.1 Å². The Morgan fingerprint density at radius 2 is 2.19 bits per heavy atom. The van der Waals surface area contributed by atoms with Crippen molar-refractivity contribution in [2.24, 2.45) is 0 Å². The molecule has 0 spiro atoms. The van der Waals surface area contributed by atoms with E-state index in [0.29, 0.717) is 12.2 Å². The highest BCUT2D eigenvalue weighted by Crippen LogP contribution is 2.23. The highest BCUT2D eigenvalue weighted by Gasteiger charge is 2.11. The molecule has 0 fully saturated rings. The highest BCUT2D eigenvalue weighted by atomic mass is 32.2. The summed E-state index contributed by atoms with van der Waals surface area (Å²) in [5.74, 6) is 0.862. The normalized spacial score (nSPS) is 10.5. The van der Waals surface area contributed by atoms with E-state index in [9.17, 15) is 4.39 Å². The minimum atomic E-state index is -0.142. The molecule has 0 amide bonds. The fraction of sp³-hybridized carbons (Fsp3) is 0.500. The summed E-state index contributed by atoms with van der Waals surface area (Å²) in [6.45, 7) is 1.55. The van der Waals surface area contributed by atoms with Gasteiger partial charge in [0, 0.05) is 25.9 Å². The maximum Gasteiger partial charge on any atom is 0.146 e. The quantitative estimate of drug-likeness (QED) is 0.824. The molecule has 0 atom stereocenters. The van der Waals surface area contributed by atoms with Crippen molar-refractivity contribution in [3.05, 3.63) is 29.6 Å². The lowest BCUT2D eigenvalue weighted by molar-refractivity contribution is 0.619. The van der Waals surface area contributed by atoms with Crippen LogP contribution in [0, 0.1) is 5.82 Å². The Morgan fingerprint density at radius 1 is 1.44 bits per heavy atom. The van der Waals surface area contributed by atoms with Gasteiger partial charge in [0.05, 0.1) is 5.69 Å². The summed E-state index contributed by atoms with van der Waals surface area (Å²) in [5, 5.41) is 3.06. The Bertz CT molecular complexity index is 331. The van der Waals surface area contributed by atoms with Crippen LogP contribution in [-0.2, 0) is 6.54 Å². The molecule has 0 radical (unpaired) electrons. The molecule has 4 heteroatoms. The Kier molecular flexibility index (Phi) is 5.63. The fourth-order valence-electron chi connectivity index (χ4n) is 1.66. The van der Waals surface area contributed by atoms with Crippen LogP contribution in [0.4, 0.5) is 10.1 Å². The maximum absolute atomic E-state index is 13.8. The Balaban J connectivity index is 2.90. The van der Waals surface area contributed by atoms with E-state index in [4.69, 9.17) is 0 Å². The van der Waals surface area contributed by atoms with Gasteiger partial charge in [0.25, 0.3) is 0 Å². The van der Waals surface area contributed by atoms with E-state index in [1.807, 2.05) is 25.1 Å². The van der Waals surface area contributed by atoms with Gasteiger partial charge < -0.3 is 10.2 Å². The van der Waals surface area contributed by atoms with Crippen molar-refractivity contribution in [2.45, 2.75) is 6.54 Å². The van der Waals surface area contributed by atoms with Crippen molar-refractivity contribution in [1.82, 2.24) is 5.32 Å². The summed E-state index contributed by atoms with van der Waals surface area (Å²) in [5.41, 5.74) is 1.72. The number of hydrogen-bond acceptors (Lipinski definition) is 3. The third-order valence-electron chi connectivity index (χ3n) is 2.45. The number of para-hydroxylation sites is 1. The molecule has 0 aliphatic heterocycles. The van der Waals surface area contributed by atoms with Gasteiger partial charge in [0.2, 0.25) is 0 Å². The van der Waals surface area contributed by atoms with Crippen LogP contribution < -0.4 is 10.2 Å². The van der Waals surface area contributed by atoms with Gasteiger partial charge in [-0.25, -0.2) is 4.39 Å². The van der Waals surface area contributed by atoms with Crippen LogP contribution in [0.25, 0.3) is 0 Å². The zero-order valence-corrected chi connectivity index (χ0v) is 10.9. The van der Waals surface area contributed by atoms with E-state index in [0.717, 1.165) is 17.9 Å². The highest BCUT2D eigenvalue weighted by molar-refractivity contribution is 7.98. The van der Waals surface area contributed by atoms with E-state index in [-0.39, 0.29) is 5.82 Å². The lowest BCUT2D eigenvalue weighted by Gasteiger charge is -2.22. The summed E-state index contributed by atoms with van der Waals surface area (Å²) in [6, 6.07) is 5.24. The average Bonchev–Trinajstić information content (AvgIpc) is 2.26. The second-order valence-electron chi connectivity index (χ2n) is 3.69. The molecule has 2 nitrogen and oxygen atoms in total. The smallest absolute Gasteiger partial charge is 0.146 e. The molecular formula is C12H19FN2S. The molecule has 1 aromatic carbocycles. The predicted octanol–water partition coefficient (Wildman–Crippen LogP) is 2.34. The second kappa shape index (κ2) is 6.76. The Morgan fingerprint density at radius 3 is 2.81 bits per heavy atom. The van der Waals surface area contributed by atoms with E-state index in [2.05, 4.69) is 11.6 Å². The van der Waals surface area contributed by atoms with Crippen LogP contribution >= 0.6 is 11.8 Å². The molecule has 1 rings (SSSR count). The lowest BCUT2D eigenvalue weighted by atomic mass is 10.1. The molecule has 90 valence electrons. The number of rotatable bonds is 6. The van der Waals surface area contributed by atoms with Crippen molar-refractivity contribution in [2.75, 3.05) is 37.5 Å². The zero-order valence-electron chi connectivity index (χ0n) is 10.1. The van der Waals surface area contributed by atoms with Crippen molar-refractivity contribution in [1.29, 1.82) is 0 Å². The zero-order chi connectivity index (χ0) is 12.0. The van der Waals surface area contributed by atoms with Crippen LogP contribution in [0.5, 0.6) is 0 Å². The predicted molar refractivity (Wildman–Crippen MR) is 70.8 cm³/mol. The summed E-state index contributed by atoms with van der Waals surface area (Å²) in [7, 11) is 3.81. The number of hydrogen-bond donors (Lipinski definition) is 1. The second-order valence-corrected chi connectivity index (χ2v) is 4.68. The van der Waals surface area contributed by atoms with Crippen molar-refractivity contribution >= 4 is 17.4 Å². The maximum atomic E-state index is 13.8. The molecule has 0 aromatic heterocycles. The van der Waals surface area contributed by atoms with Gasteiger partial charge in [-0.3, -0.25) is 0 Å². The molecule has 1 N–H and O–H groups in total. The molecule has 0 heterocycles. The van der Waals surface area contributed by atoms with Gasteiger partial charge in [0.1, 0.15) is 5.82 Å². The van der Waals surface area contributed by atoms with Gasteiger partial charge in [-0.2, -0.15) is 11.8 Å². The first-order valence-electron chi connectivity index (χ1n) is 5.32. The molecule has 0 aliphatic carbocycles. The molecule has 1 aromatic rings. The van der Waals surface area contributed by atoms with Gasteiger partial charge in [-0.15, -0.1) is 0 Å². The first-order chi connectivity index (χ1) is 7.70. The van der Waals surface area contributed by atoms with Crippen LogP contribution in [-0.4, -0.2) is 32.6 Å². The van der Waals surface area contributed by atoms with Crippen LogP contribution in [0.2, 0.25) is 0 Å². The monoisotopic (exact) mass is 242 g/mol. The number of benzene rings is 1. The average molecular weight is 242 g/mol. The first-order valence-corrected chi connectivity index (χ1v) is 6.72. The molecule has 0 saturated heterocycles. The molecular weight excluding hydrogens is 223 g/mol. The number of nitrogens with zero attached hydrogens (tertiary/aromatic N) is 1. The summed E-state index contributed by atoms with van der Waals surface area (Å²) < 4.78 is 13.8. The molecule has 0 aliphatic rings. The number of halogens is 1.